The molecule has 1 aromatic carbocycles. The summed E-state index contributed by atoms with van der Waals surface area (Å²) in [6.07, 6.45) is 0. The van der Waals surface area contributed by atoms with E-state index in [-0.39, 0.29) is 5.91 Å². The lowest BCUT2D eigenvalue weighted by Crippen LogP contribution is -2.19. The van der Waals surface area contributed by atoms with Crippen LogP contribution < -0.4 is 15.9 Å². The van der Waals surface area contributed by atoms with E-state index in [1.54, 1.807) is 14.0 Å². The minimum atomic E-state index is -0.311. The molecule has 110 valence electrons. The third-order valence-corrected chi connectivity index (χ3v) is 3.84. The molecule has 6 nitrogen and oxygen atoms in total. The van der Waals surface area contributed by atoms with Gasteiger partial charge in [0, 0.05) is 0 Å². The number of benzene rings is 1. The van der Waals surface area contributed by atoms with E-state index >= 15 is 0 Å². The van der Waals surface area contributed by atoms with E-state index in [1.165, 1.54) is 0 Å². The molecule has 1 heterocycles. The predicted molar refractivity (Wildman–Crippen MR) is 83.9 cm³/mol. The Kier molecular flexibility index (Phi) is 4.54. The molecule has 0 aliphatic carbocycles. The van der Waals surface area contributed by atoms with E-state index in [1.807, 2.05) is 31.2 Å². The molecule has 0 atom stereocenters. The monoisotopic (exact) mass is 304 g/mol. The molecule has 0 radical (unpaired) electrons. The minimum absolute atomic E-state index is 0.311. The van der Waals surface area contributed by atoms with Crippen molar-refractivity contribution in [1.82, 2.24) is 10.4 Å². The first-order chi connectivity index (χ1) is 10.0. The number of hydrazone groups is 1. The van der Waals surface area contributed by atoms with Crippen LogP contribution in [0.25, 0.3) is 0 Å². The molecule has 21 heavy (non-hydrogen) atoms. The molecule has 0 fully saturated rings. The molecule has 0 bridgehead atoms. The van der Waals surface area contributed by atoms with Gasteiger partial charge in [0.2, 0.25) is 0 Å². The zero-order valence-corrected chi connectivity index (χ0v) is 12.8. The molecule has 1 aromatic heterocycles. The molecule has 0 aliphatic rings. The summed E-state index contributed by atoms with van der Waals surface area (Å²) in [7, 11) is 1.61. The maximum Gasteiger partial charge on any atom is 0.283 e. The van der Waals surface area contributed by atoms with Crippen LogP contribution in [0.2, 0.25) is 0 Å². The first-order valence-corrected chi connectivity index (χ1v) is 7.05. The molecule has 1 amide bonds. The normalized spacial score (nSPS) is 11.3. The number of ether oxygens (including phenoxy) is 1. The number of rotatable bonds is 4. The lowest BCUT2D eigenvalue weighted by molar-refractivity contribution is 0.0958. The summed E-state index contributed by atoms with van der Waals surface area (Å²) in [4.78, 5) is 16.5. The number of nitrogen functional groups attached to an aromatic ring is 1. The van der Waals surface area contributed by atoms with Crippen molar-refractivity contribution in [2.24, 2.45) is 5.10 Å². The van der Waals surface area contributed by atoms with Crippen LogP contribution in [0.1, 0.15) is 27.9 Å². The van der Waals surface area contributed by atoms with Gasteiger partial charge in [-0.05, 0) is 43.7 Å². The summed E-state index contributed by atoms with van der Waals surface area (Å²) in [5.74, 6) is 0.459. The fourth-order valence-electron chi connectivity index (χ4n) is 1.71. The maximum absolute atomic E-state index is 12.0. The summed E-state index contributed by atoms with van der Waals surface area (Å²) in [5, 5.41) is 4.46. The third kappa shape index (κ3) is 3.57. The van der Waals surface area contributed by atoms with Gasteiger partial charge in [-0.1, -0.05) is 11.3 Å². The van der Waals surface area contributed by atoms with Crippen LogP contribution in [0.3, 0.4) is 0 Å². The quantitative estimate of drug-likeness (QED) is 0.669. The van der Waals surface area contributed by atoms with Gasteiger partial charge in [-0.3, -0.25) is 4.79 Å². The van der Waals surface area contributed by atoms with Crippen molar-refractivity contribution in [2.45, 2.75) is 13.8 Å². The number of methoxy groups -OCH3 is 1. The zero-order valence-electron chi connectivity index (χ0n) is 12.0. The van der Waals surface area contributed by atoms with E-state index in [9.17, 15) is 4.79 Å². The van der Waals surface area contributed by atoms with Crippen molar-refractivity contribution in [3.8, 4) is 5.75 Å². The number of thiazole rings is 1. The average molecular weight is 304 g/mol. The van der Waals surface area contributed by atoms with Crippen molar-refractivity contribution < 1.29 is 9.53 Å². The highest BCUT2D eigenvalue weighted by Gasteiger charge is 2.13. The van der Waals surface area contributed by atoms with E-state index in [2.05, 4.69) is 15.5 Å². The number of aryl methyl sites for hydroxylation is 1. The van der Waals surface area contributed by atoms with Crippen LogP contribution in [0.4, 0.5) is 5.13 Å². The Labute approximate surface area is 126 Å². The van der Waals surface area contributed by atoms with Crippen molar-refractivity contribution in [1.29, 1.82) is 0 Å². The highest BCUT2D eigenvalue weighted by Crippen LogP contribution is 2.19. The largest absolute Gasteiger partial charge is 0.497 e. The summed E-state index contributed by atoms with van der Waals surface area (Å²) < 4.78 is 5.09. The first-order valence-electron chi connectivity index (χ1n) is 6.23. The second kappa shape index (κ2) is 6.36. The van der Waals surface area contributed by atoms with Crippen LogP contribution in [-0.2, 0) is 0 Å². The number of nitrogens with two attached hydrogens (primary N) is 1. The van der Waals surface area contributed by atoms with Crippen molar-refractivity contribution >= 4 is 28.1 Å². The summed E-state index contributed by atoms with van der Waals surface area (Å²) in [5.41, 5.74) is 10.3. The van der Waals surface area contributed by atoms with E-state index in [0.29, 0.717) is 21.4 Å². The number of nitrogens with one attached hydrogen (secondary N) is 1. The molecule has 0 unspecified atom stereocenters. The number of hydrogen-bond acceptors (Lipinski definition) is 6. The van der Waals surface area contributed by atoms with Crippen molar-refractivity contribution in [3.63, 3.8) is 0 Å². The molecule has 2 rings (SSSR count). The molecular formula is C14H16N4O2S. The van der Waals surface area contributed by atoms with Gasteiger partial charge >= 0.3 is 0 Å². The van der Waals surface area contributed by atoms with E-state index < -0.39 is 0 Å². The van der Waals surface area contributed by atoms with Crippen molar-refractivity contribution in [2.75, 3.05) is 12.8 Å². The Morgan fingerprint density at radius 2 is 2.05 bits per heavy atom. The topological polar surface area (TPSA) is 89.6 Å². The smallest absolute Gasteiger partial charge is 0.283 e. The van der Waals surface area contributed by atoms with Gasteiger partial charge < -0.3 is 10.5 Å². The van der Waals surface area contributed by atoms with Crippen LogP contribution in [-0.4, -0.2) is 23.7 Å². The van der Waals surface area contributed by atoms with Gasteiger partial charge in [0.15, 0.2) is 5.13 Å². The standard InChI is InChI=1S/C14H16N4O2S/c1-8(10-4-6-11(20-3)7-5-10)17-18-13(19)12-9(2)16-14(15)21-12/h4-7H,1-3H3,(H2,15,16)(H,18,19)/b17-8+. The first kappa shape index (κ1) is 15.0. The molecule has 0 saturated heterocycles. The number of carbonyl (C=O) groups excluding carboxylic acids is 1. The Morgan fingerprint density at radius 3 is 2.57 bits per heavy atom. The minimum Gasteiger partial charge on any atom is -0.497 e. The molecule has 3 N–H and O–H groups in total. The summed E-state index contributed by atoms with van der Waals surface area (Å²) >= 11 is 1.14. The van der Waals surface area contributed by atoms with Gasteiger partial charge in [-0.2, -0.15) is 5.10 Å². The number of hydrogen-bond donors (Lipinski definition) is 2. The number of nitrogens with zero attached hydrogens (tertiary/aromatic N) is 2. The number of carbonyl (C=O) groups is 1. The van der Waals surface area contributed by atoms with Crippen LogP contribution in [0.5, 0.6) is 5.75 Å². The summed E-state index contributed by atoms with van der Waals surface area (Å²) in [6.45, 7) is 3.55. The highest BCUT2D eigenvalue weighted by molar-refractivity contribution is 7.17. The number of aromatic nitrogens is 1. The molecule has 2 aromatic rings. The highest BCUT2D eigenvalue weighted by atomic mass is 32.1. The Balaban J connectivity index is 2.08. The fraction of sp³-hybridized carbons (Fsp3) is 0.214. The van der Waals surface area contributed by atoms with Crippen LogP contribution in [0, 0.1) is 6.92 Å². The molecular weight excluding hydrogens is 288 g/mol. The Bertz CT molecular complexity index is 677. The third-order valence-electron chi connectivity index (χ3n) is 2.85. The van der Waals surface area contributed by atoms with Crippen molar-refractivity contribution in [3.05, 3.63) is 40.4 Å². The van der Waals surface area contributed by atoms with Gasteiger partial charge in [-0.25, -0.2) is 10.4 Å². The van der Waals surface area contributed by atoms with E-state index in [0.717, 1.165) is 22.6 Å². The molecule has 0 aliphatic heterocycles. The summed E-state index contributed by atoms with van der Waals surface area (Å²) in [6, 6.07) is 7.42. The Hall–Kier alpha value is -2.41. The second-order valence-electron chi connectivity index (χ2n) is 4.33. The zero-order chi connectivity index (χ0) is 15.4. The lowest BCUT2D eigenvalue weighted by Gasteiger charge is -2.04. The lowest BCUT2D eigenvalue weighted by atomic mass is 10.1. The predicted octanol–water partition coefficient (Wildman–Crippen LogP) is 2.20. The molecule has 7 heteroatoms. The van der Waals surface area contributed by atoms with Crippen LogP contribution in [0.15, 0.2) is 29.4 Å². The van der Waals surface area contributed by atoms with Gasteiger partial charge in [0.05, 0.1) is 18.5 Å². The molecule has 0 saturated carbocycles. The SMILES string of the molecule is COc1ccc(/C(C)=N/NC(=O)c2sc(N)nc2C)cc1. The molecule has 0 spiro atoms. The van der Waals surface area contributed by atoms with E-state index in [4.69, 9.17) is 10.5 Å². The van der Waals surface area contributed by atoms with Gasteiger partial charge in [0.25, 0.3) is 5.91 Å². The van der Waals surface area contributed by atoms with Crippen LogP contribution >= 0.6 is 11.3 Å². The number of anilines is 1. The fourth-order valence-corrected chi connectivity index (χ4v) is 2.43. The van der Waals surface area contributed by atoms with Gasteiger partial charge in [0.1, 0.15) is 10.6 Å². The Morgan fingerprint density at radius 1 is 1.38 bits per heavy atom. The maximum atomic E-state index is 12.0. The second-order valence-corrected chi connectivity index (χ2v) is 5.36. The van der Waals surface area contributed by atoms with Gasteiger partial charge in [-0.15, -0.1) is 0 Å². The number of amides is 1. The average Bonchev–Trinajstić information content (AvgIpc) is 2.83.